The van der Waals surface area contributed by atoms with E-state index in [0.717, 1.165) is 5.56 Å². The normalized spacial score (nSPS) is 11.7. The highest BCUT2D eigenvalue weighted by atomic mass is 32.1. The van der Waals surface area contributed by atoms with E-state index in [4.69, 9.17) is 4.74 Å². The van der Waals surface area contributed by atoms with Crippen LogP contribution in [0.5, 0.6) is 0 Å². The molecule has 0 aliphatic heterocycles. The maximum absolute atomic E-state index is 12.8. The van der Waals surface area contributed by atoms with Gasteiger partial charge >= 0.3 is 5.97 Å². The number of nitrogens with one attached hydrogen (secondary N) is 1. The summed E-state index contributed by atoms with van der Waals surface area (Å²) in [4.78, 5) is 23.6. The first-order valence-electron chi connectivity index (χ1n) is 6.81. The summed E-state index contributed by atoms with van der Waals surface area (Å²) in [6, 6.07) is 7.32. The van der Waals surface area contributed by atoms with Crippen molar-refractivity contribution in [1.29, 1.82) is 0 Å². The molecule has 1 atom stereocenters. The van der Waals surface area contributed by atoms with Crippen molar-refractivity contribution in [1.82, 2.24) is 0 Å². The molecule has 1 amide bonds. The molecule has 4 nitrogen and oxygen atoms in total. The van der Waals surface area contributed by atoms with Crippen LogP contribution >= 0.6 is 11.3 Å². The molecular formula is C16H16FNO3S. The maximum Gasteiger partial charge on any atom is 0.306 e. The fourth-order valence-electron chi connectivity index (χ4n) is 1.77. The maximum atomic E-state index is 12.8. The number of thiophene rings is 1. The number of aryl methyl sites for hydroxylation is 1. The number of hydrogen-bond donors (Lipinski definition) is 1. The second-order valence-electron chi connectivity index (χ2n) is 4.76. The van der Waals surface area contributed by atoms with E-state index >= 15 is 0 Å². The third-order valence-corrected chi connectivity index (χ3v) is 3.72. The molecule has 1 aromatic carbocycles. The lowest BCUT2D eigenvalue weighted by Gasteiger charge is -2.13. The fourth-order valence-corrected chi connectivity index (χ4v) is 2.47. The number of esters is 1. The van der Waals surface area contributed by atoms with Crippen LogP contribution in [0.1, 0.15) is 18.9 Å². The topological polar surface area (TPSA) is 55.4 Å². The van der Waals surface area contributed by atoms with Gasteiger partial charge in [0, 0.05) is 12.1 Å². The molecule has 0 fully saturated rings. The Balaban J connectivity index is 1.77. The highest BCUT2D eigenvalue weighted by Gasteiger charge is 2.17. The van der Waals surface area contributed by atoms with E-state index in [2.05, 4.69) is 5.32 Å². The molecule has 1 N–H and O–H groups in total. The van der Waals surface area contributed by atoms with Gasteiger partial charge in [-0.2, -0.15) is 11.3 Å². The first-order chi connectivity index (χ1) is 10.5. The first-order valence-corrected chi connectivity index (χ1v) is 7.76. The second kappa shape index (κ2) is 7.70. The Morgan fingerprint density at radius 2 is 2.00 bits per heavy atom. The summed E-state index contributed by atoms with van der Waals surface area (Å²) in [7, 11) is 0. The molecule has 1 heterocycles. The molecule has 0 aliphatic carbocycles. The third kappa shape index (κ3) is 4.96. The zero-order chi connectivity index (χ0) is 15.9. The van der Waals surface area contributed by atoms with E-state index in [1.807, 2.05) is 16.8 Å². The molecule has 0 radical (unpaired) electrons. The molecule has 6 heteroatoms. The van der Waals surface area contributed by atoms with Crippen LogP contribution in [-0.2, 0) is 20.7 Å². The number of amides is 1. The minimum absolute atomic E-state index is 0.227. The van der Waals surface area contributed by atoms with E-state index in [9.17, 15) is 14.0 Å². The summed E-state index contributed by atoms with van der Waals surface area (Å²) in [6.07, 6.45) is -0.0838. The van der Waals surface area contributed by atoms with Crippen LogP contribution in [0.25, 0.3) is 0 Å². The minimum atomic E-state index is -0.903. The van der Waals surface area contributed by atoms with Crippen LogP contribution in [0.2, 0.25) is 0 Å². The van der Waals surface area contributed by atoms with E-state index < -0.39 is 18.0 Å². The zero-order valence-electron chi connectivity index (χ0n) is 12.0. The summed E-state index contributed by atoms with van der Waals surface area (Å²) in [5.41, 5.74) is 1.53. The lowest BCUT2D eigenvalue weighted by atomic mass is 10.2. The predicted octanol–water partition coefficient (Wildman–Crippen LogP) is 3.39. The minimum Gasteiger partial charge on any atom is -0.453 e. The smallest absolute Gasteiger partial charge is 0.306 e. The SMILES string of the molecule is C[C@H](OC(=O)CCc1ccsc1)C(=O)Nc1ccc(F)cc1. The average molecular weight is 321 g/mol. The highest BCUT2D eigenvalue weighted by molar-refractivity contribution is 7.07. The summed E-state index contributed by atoms with van der Waals surface area (Å²) < 4.78 is 17.9. The molecule has 2 rings (SSSR count). The summed E-state index contributed by atoms with van der Waals surface area (Å²) in [5.74, 6) is -1.26. The number of ether oxygens (including phenoxy) is 1. The van der Waals surface area contributed by atoms with Gasteiger partial charge in [-0.1, -0.05) is 0 Å². The standard InChI is InChI=1S/C16H16FNO3S/c1-11(16(20)18-14-5-3-13(17)4-6-14)21-15(19)7-2-12-8-9-22-10-12/h3-6,8-11H,2,7H2,1H3,(H,18,20)/t11-/m0/s1. The third-order valence-electron chi connectivity index (χ3n) is 2.99. The van der Waals surface area contributed by atoms with Gasteiger partial charge in [0.15, 0.2) is 6.10 Å². The summed E-state index contributed by atoms with van der Waals surface area (Å²) in [5, 5.41) is 6.48. The van der Waals surface area contributed by atoms with Gasteiger partial charge in [0.1, 0.15) is 5.82 Å². The Labute approximate surface area is 131 Å². The van der Waals surface area contributed by atoms with Gasteiger partial charge < -0.3 is 10.1 Å². The van der Waals surface area contributed by atoms with Crippen molar-refractivity contribution < 1.29 is 18.7 Å². The first kappa shape index (κ1) is 16.2. The Hall–Kier alpha value is -2.21. The van der Waals surface area contributed by atoms with Crippen LogP contribution < -0.4 is 5.32 Å². The van der Waals surface area contributed by atoms with Crippen molar-refractivity contribution in [2.45, 2.75) is 25.9 Å². The molecule has 0 unspecified atom stereocenters. The van der Waals surface area contributed by atoms with Crippen LogP contribution in [0.3, 0.4) is 0 Å². The van der Waals surface area contributed by atoms with E-state index in [0.29, 0.717) is 12.1 Å². The molecule has 0 spiro atoms. The lowest BCUT2D eigenvalue weighted by Crippen LogP contribution is -2.30. The molecule has 0 bridgehead atoms. The van der Waals surface area contributed by atoms with Crippen LogP contribution in [0.4, 0.5) is 10.1 Å². The van der Waals surface area contributed by atoms with Crippen molar-refractivity contribution in [3.63, 3.8) is 0 Å². The Morgan fingerprint density at radius 1 is 1.27 bits per heavy atom. The molecule has 0 aliphatic rings. The van der Waals surface area contributed by atoms with Crippen molar-refractivity contribution in [3.8, 4) is 0 Å². The zero-order valence-corrected chi connectivity index (χ0v) is 12.9. The monoisotopic (exact) mass is 321 g/mol. The predicted molar refractivity (Wildman–Crippen MR) is 83.2 cm³/mol. The molecule has 0 saturated carbocycles. The number of rotatable bonds is 6. The van der Waals surface area contributed by atoms with Gasteiger partial charge in [-0.25, -0.2) is 4.39 Å². The molecule has 22 heavy (non-hydrogen) atoms. The largest absolute Gasteiger partial charge is 0.453 e. The Bertz CT molecular complexity index is 625. The number of halogens is 1. The van der Waals surface area contributed by atoms with E-state index in [1.54, 1.807) is 11.3 Å². The Kier molecular flexibility index (Phi) is 5.66. The lowest BCUT2D eigenvalue weighted by molar-refractivity contribution is -0.153. The molecule has 116 valence electrons. The fraction of sp³-hybridized carbons (Fsp3) is 0.250. The van der Waals surface area contributed by atoms with E-state index in [-0.39, 0.29) is 12.2 Å². The van der Waals surface area contributed by atoms with Crippen LogP contribution in [0.15, 0.2) is 41.1 Å². The van der Waals surface area contributed by atoms with Gasteiger partial charge in [-0.3, -0.25) is 9.59 Å². The number of carbonyl (C=O) groups excluding carboxylic acids is 2. The molecular weight excluding hydrogens is 305 g/mol. The van der Waals surface area contributed by atoms with Crippen molar-refractivity contribution in [2.75, 3.05) is 5.32 Å². The van der Waals surface area contributed by atoms with Crippen molar-refractivity contribution in [2.24, 2.45) is 0 Å². The molecule has 2 aromatic rings. The summed E-state index contributed by atoms with van der Waals surface area (Å²) >= 11 is 1.57. The average Bonchev–Trinajstić information content (AvgIpc) is 3.01. The molecule has 0 saturated heterocycles. The quantitative estimate of drug-likeness (QED) is 0.830. The van der Waals surface area contributed by atoms with Crippen molar-refractivity contribution in [3.05, 3.63) is 52.5 Å². The number of hydrogen-bond acceptors (Lipinski definition) is 4. The molecule has 1 aromatic heterocycles. The van der Waals surface area contributed by atoms with Gasteiger partial charge in [0.25, 0.3) is 5.91 Å². The summed E-state index contributed by atoms with van der Waals surface area (Å²) in [6.45, 7) is 1.50. The van der Waals surface area contributed by atoms with E-state index in [1.165, 1.54) is 31.2 Å². The van der Waals surface area contributed by atoms with Crippen LogP contribution in [0, 0.1) is 5.82 Å². The second-order valence-corrected chi connectivity index (χ2v) is 5.54. The Morgan fingerprint density at radius 3 is 2.64 bits per heavy atom. The van der Waals surface area contributed by atoms with Gasteiger partial charge in [-0.15, -0.1) is 0 Å². The number of carbonyl (C=O) groups is 2. The van der Waals surface area contributed by atoms with Crippen LogP contribution in [-0.4, -0.2) is 18.0 Å². The van der Waals surface area contributed by atoms with Gasteiger partial charge in [-0.05, 0) is 60.0 Å². The number of benzene rings is 1. The number of anilines is 1. The van der Waals surface area contributed by atoms with Gasteiger partial charge in [0.05, 0.1) is 0 Å². The highest BCUT2D eigenvalue weighted by Crippen LogP contribution is 2.11. The van der Waals surface area contributed by atoms with Gasteiger partial charge in [0.2, 0.25) is 0 Å². The van der Waals surface area contributed by atoms with Crippen molar-refractivity contribution >= 4 is 28.9 Å².